The minimum Gasteiger partial charge on any atom is -0.476 e. The summed E-state index contributed by atoms with van der Waals surface area (Å²) in [6, 6.07) is 4.00. The zero-order valence-electron chi connectivity index (χ0n) is 10.7. The molecule has 5 nitrogen and oxygen atoms in total. The van der Waals surface area contributed by atoms with Gasteiger partial charge in [0.1, 0.15) is 12.4 Å². The van der Waals surface area contributed by atoms with Crippen LogP contribution in [0, 0.1) is 6.92 Å². The minimum atomic E-state index is 0.540. The van der Waals surface area contributed by atoms with Crippen LogP contribution in [0.5, 0.6) is 5.88 Å². The van der Waals surface area contributed by atoms with Crippen LogP contribution in [-0.2, 0) is 4.74 Å². The van der Waals surface area contributed by atoms with Gasteiger partial charge in [0.15, 0.2) is 5.65 Å². The first-order valence-electron chi connectivity index (χ1n) is 6.27. The van der Waals surface area contributed by atoms with Gasteiger partial charge < -0.3 is 9.47 Å². The van der Waals surface area contributed by atoms with Crippen molar-refractivity contribution in [2.24, 2.45) is 0 Å². The minimum absolute atomic E-state index is 0.540. The molecule has 0 saturated heterocycles. The second-order valence-electron chi connectivity index (χ2n) is 4.69. The Kier molecular flexibility index (Phi) is 2.91. The molecule has 5 heteroatoms. The molecule has 0 N–H and O–H groups in total. The average molecular weight is 247 g/mol. The second kappa shape index (κ2) is 4.57. The molecule has 0 amide bonds. The number of aromatic nitrogens is 3. The maximum absolute atomic E-state index is 5.83. The van der Waals surface area contributed by atoms with Gasteiger partial charge in [-0.2, -0.15) is 0 Å². The number of ether oxygens (including phenoxy) is 2. The number of nitrogens with zero attached hydrogens (tertiary/aromatic N) is 3. The van der Waals surface area contributed by atoms with Crippen LogP contribution in [0.25, 0.3) is 5.65 Å². The van der Waals surface area contributed by atoms with E-state index >= 15 is 0 Å². The number of pyridine rings is 1. The third kappa shape index (κ3) is 1.95. The summed E-state index contributed by atoms with van der Waals surface area (Å²) in [5.41, 5.74) is 1.95. The third-order valence-corrected chi connectivity index (χ3v) is 3.20. The van der Waals surface area contributed by atoms with E-state index in [4.69, 9.17) is 9.47 Å². The second-order valence-corrected chi connectivity index (χ2v) is 4.69. The number of hydrogen-bond donors (Lipinski definition) is 0. The first-order chi connectivity index (χ1) is 8.81. The summed E-state index contributed by atoms with van der Waals surface area (Å²) in [5.74, 6) is 2.42. The van der Waals surface area contributed by atoms with Crippen molar-refractivity contribution in [1.82, 2.24) is 14.6 Å². The molecule has 0 aliphatic heterocycles. The lowest BCUT2D eigenvalue weighted by molar-refractivity contribution is 0.142. The molecule has 3 rings (SSSR count). The first-order valence-corrected chi connectivity index (χ1v) is 6.27. The summed E-state index contributed by atoms with van der Waals surface area (Å²) >= 11 is 0. The average Bonchev–Trinajstić information content (AvgIpc) is 3.12. The molecular weight excluding hydrogens is 230 g/mol. The lowest BCUT2D eigenvalue weighted by Gasteiger charge is -2.12. The Morgan fingerprint density at radius 2 is 2.11 bits per heavy atom. The van der Waals surface area contributed by atoms with E-state index in [1.54, 1.807) is 7.11 Å². The highest BCUT2D eigenvalue weighted by atomic mass is 16.5. The fraction of sp³-hybridized carbons (Fsp3) is 0.538. The molecule has 1 fully saturated rings. The summed E-state index contributed by atoms with van der Waals surface area (Å²) in [4.78, 5) is 0. The molecule has 18 heavy (non-hydrogen) atoms. The Morgan fingerprint density at radius 3 is 2.83 bits per heavy atom. The van der Waals surface area contributed by atoms with E-state index in [-0.39, 0.29) is 0 Å². The Balaban J connectivity index is 2.02. The third-order valence-electron chi connectivity index (χ3n) is 3.20. The SMILES string of the molecule is COCCOc1c(C)ccc2nnc(C3CC3)n12. The van der Waals surface area contributed by atoms with E-state index in [1.165, 1.54) is 12.8 Å². The van der Waals surface area contributed by atoms with Crippen molar-refractivity contribution >= 4 is 5.65 Å². The summed E-state index contributed by atoms with van der Waals surface area (Å²) in [6.07, 6.45) is 2.40. The van der Waals surface area contributed by atoms with Gasteiger partial charge in [-0.15, -0.1) is 10.2 Å². The fourth-order valence-electron chi connectivity index (χ4n) is 2.08. The Bertz CT molecular complexity index is 561. The Labute approximate surface area is 106 Å². The number of aryl methyl sites for hydroxylation is 1. The summed E-state index contributed by atoms with van der Waals surface area (Å²) < 4.78 is 12.9. The molecule has 0 bridgehead atoms. The van der Waals surface area contributed by atoms with Crippen LogP contribution in [0.2, 0.25) is 0 Å². The number of methoxy groups -OCH3 is 1. The highest BCUT2D eigenvalue weighted by Gasteiger charge is 2.30. The van der Waals surface area contributed by atoms with Crippen LogP contribution in [0.1, 0.15) is 30.1 Å². The van der Waals surface area contributed by atoms with Crippen LogP contribution in [0.4, 0.5) is 0 Å². The van der Waals surface area contributed by atoms with Gasteiger partial charge in [-0.1, -0.05) is 6.07 Å². The predicted molar refractivity (Wildman–Crippen MR) is 67.1 cm³/mol. The van der Waals surface area contributed by atoms with Gasteiger partial charge in [0.2, 0.25) is 5.88 Å². The molecule has 0 radical (unpaired) electrons. The maximum Gasteiger partial charge on any atom is 0.203 e. The predicted octanol–water partition coefficient (Wildman–Crippen LogP) is 1.94. The van der Waals surface area contributed by atoms with Crippen molar-refractivity contribution in [3.63, 3.8) is 0 Å². The standard InChI is InChI=1S/C13H17N3O2/c1-9-3-6-11-14-15-12(10-4-5-10)16(11)13(9)18-8-7-17-2/h3,6,10H,4-5,7-8H2,1-2H3. The number of fused-ring (bicyclic) bond motifs is 1. The van der Waals surface area contributed by atoms with Gasteiger partial charge in [-0.25, -0.2) is 4.40 Å². The fourth-order valence-corrected chi connectivity index (χ4v) is 2.08. The molecule has 1 saturated carbocycles. The summed E-state index contributed by atoms with van der Waals surface area (Å²) in [7, 11) is 1.67. The summed E-state index contributed by atoms with van der Waals surface area (Å²) in [5, 5.41) is 8.50. The van der Waals surface area contributed by atoms with Crippen molar-refractivity contribution in [3.8, 4) is 5.88 Å². The molecule has 1 aliphatic carbocycles. The van der Waals surface area contributed by atoms with Gasteiger partial charge in [-0.05, 0) is 25.8 Å². The van der Waals surface area contributed by atoms with Crippen molar-refractivity contribution in [3.05, 3.63) is 23.5 Å². The topological polar surface area (TPSA) is 48.7 Å². The lowest BCUT2D eigenvalue weighted by atomic mass is 10.3. The smallest absolute Gasteiger partial charge is 0.203 e. The van der Waals surface area contributed by atoms with Gasteiger partial charge in [0, 0.05) is 18.6 Å². The van der Waals surface area contributed by atoms with E-state index in [9.17, 15) is 0 Å². The van der Waals surface area contributed by atoms with Crippen molar-refractivity contribution in [2.45, 2.75) is 25.7 Å². The summed E-state index contributed by atoms with van der Waals surface area (Å²) in [6.45, 7) is 3.16. The highest BCUT2D eigenvalue weighted by Crippen LogP contribution is 2.40. The highest BCUT2D eigenvalue weighted by molar-refractivity contribution is 5.46. The molecule has 0 unspecified atom stereocenters. The molecule has 96 valence electrons. The zero-order chi connectivity index (χ0) is 12.5. The molecule has 2 aromatic rings. The van der Waals surface area contributed by atoms with Crippen molar-refractivity contribution in [1.29, 1.82) is 0 Å². The largest absolute Gasteiger partial charge is 0.476 e. The Morgan fingerprint density at radius 1 is 1.28 bits per heavy atom. The van der Waals surface area contributed by atoms with Crippen molar-refractivity contribution < 1.29 is 9.47 Å². The van der Waals surface area contributed by atoms with Crippen LogP contribution in [-0.4, -0.2) is 34.9 Å². The number of hydrogen-bond acceptors (Lipinski definition) is 4. The van der Waals surface area contributed by atoms with Crippen LogP contribution < -0.4 is 4.74 Å². The number of rotatable bonds is 5. The molecule has 0 spiro atoms. The van der Waals surface area contributed by atoms with E-state index in [0.29, 0.717) is 19.1 Å². The van der Waals surface area contributed by atoms with Gasteiger partial charge in [0.05, 0.1) is 6.61 Å². The van der Waals surface area contributed by atoms with Crippen molar-refractivity contribution in [2.75, 3.05) is 20.3 Å². The van der Waals surface area contributed by atoms with E-state index in [0.717, 1.165) is 22.9 Å². The van der Waals surface area contributed by atoms with Crippen LogP contribution in [0.3, 0.4) is 0 Å². The molecule has 2 heterocycles. The molecular formula is C13H17N3O2. The molecule has 0 aromatic carbocycles. The van der Waals surface area contributed by atoms with Crippen LogP contribution in [0.15, 0.2) is 12.1 Å². The normalized spacial score (nSPS) is 15.2. The molecule has 0 atom stereocenters. The van der Waals surface area contributed by atoms with Gasteiger partial charge in [0.25, 0.3) is 0 Å². The lowest BCUT2D eigenvalue weighted by Crippen LogP contribution is -2.09. The van der Waals surface area contributed by atoms with E-state index in [1.807, 2.05) is 23.5 Å². The first kappa shape index (κ1) is 11.5. The monoisotopic (exact) mass is 247 g/mol. The maximum atomic E-state index is 5.83. The Hall–Kier alpha value is -1.62. The van der Waals surface area contributed by atoms with Crippen LogP contribution >= 0.6 is 0 Å². The van der Waals surface area contributed by atoms with Gasteiger partial charge in [-0.3, -0.25) is 0 Å². The van der Waals surface area contributed by atoms with Gasteiger partial charge >= 0.3 is 0 Å². The molecule has 2 aromatic heterocycles. The van der Waals surface area contributed by atoms with E-state index in [2.05, 4.69) is 10.2 Å². The quantitative estimate of drug-likeness (QED) is 0.758. The molecule has 1 aliphatic rings. The zero-order valence-corrected chi connectivity index (χ0v) is 10.7. The van der Waals surface area contributed by atoms with E-state index < -0.39 is 0 Å².